The van der Waals surface area contributed by atoms with Crippen molar-refractivity contribution in [1.29, 1.82) is 0 Å². The fraction of sp³-hybridized carbons (Fsp3) is 0.538. The van der Waals surface area contributed by atoms with Crippen LogP contribution in [0.4, 0.5) is 10.1 Å². The molecule has 6 heteroatoms. The summed E-state index contributed by atoms with van der Waals surface area (Å²) in [4.78, 5) is -0.138. The molecule has 0 fully saturated rings. The smallest absolute Gasteiger partial charge is 0.240 e. The van der Waals surface area contributed by atoms with Crippen molar-refractivity contribution in [3.8, 4) is 0 Å². The molecule has 3 N–H and O–H groups in total. The van der Waals surface area contributed by atoms with E-state index >= 15 is 0 Å². The predicted molar refractivity (Wildman–Crippen MR) is 74.7 cm³/mol. The quantitative estimate of drug-likeness (QED) is 0.790. The average molecular weight is 288 g/mol. The maximum absolute atomic E-state index is 13.2. The summed E-state index contributed by atoms with van der Waals surface area (Å²) in [7, 11) is -3.73. The zero-order chi connectivity index (χ0) is 14.6. The molecule has 0 amide bonds. The van der Waals surface area contributed by atoms with Gasteiger partial charge in [-0.05, 0) is 37.5 Å². The van der Waals surface area contributed by atoms with Gasteiger partial charge in [0.1, 0.15) is 5.82 Å². The van der Waals surface area contributed by atoms with Crippen LogP contribution in [0.2, 0.25) is 0 Å². The van der Waals surface area contributed by atoms with Crippen molar-refractivity contribution in [2.45, 2.75) is 44.6 Å². The fourth-order valence-electron chi connectivity index (χ4n) is 1.89. The molecule has 108 valence electrons. The molecule has 0 aliphatic heterocycles. The number of rotatable bonds is 6. The number of anilines is 1. The van der Waals surface area contributed by atoms with E-state index in [-0.39, 0.29) is 16.6 Å². The van der Waals surface area contributed by atoms with Crippen molar-refractivity contribution in [2.75, 3.05) is 5.73 Å². The molecular weight excluding hydrogens is 267 g/mol. The number of benzene rings is 1. The van der Waals surface area contributed by atoms with Gasteiger partial charge in [-0.2, -0.15) is 0 Å². The zero-order valence-corrected chi connectivity index (χ0v) is 12.3. The third-order valence-corrected chi connectivity index (χ3v) is 4.58. The highest BCUT2D eigenvalue weighted by molar-refractivity contribution is 7.89. The topological polar surface area (TPSA) is 72.2 Å². The normalized spacial score (nSPS) is 15.2. The molecule has 4 nitrogen and oxygen atoms in total. The Hall–Kier alpha value is -1.14. The van der Waals surface area contributed by atoms with Gasteiger partial charge < -0.3 is 5.73 Å². The van der Waals surface area contributed by atoms with Crippen LogP contribution < -0.4 is 10.5 Å². The zero-order valence-electron chi connectivity index (χ0n) is 11.5. The van der Waals surface area contributed by atoms with Crippen molar-refractivity contribution in [3.05, 3.63) is 24.0 Å². The third-order valence-electron chi connectivity index (χ3n) is 3.01. The van der Waals surface area contributed by atoms with Gasteiger partial charge in [0.15, 0.2) is 0 Å². The van der Waals surface area contributed by atoms with E-state index in [0.717, 1.165) is 25.0 Å². The summed E-state index contributed by atoms with van der Waals surface area (Å²) in [5, 5.41) is 0. The van der Waals surface area contributed by atoms with Crippen molar-refractivity contribution >= 4 is 15.7 Å². The van der Waals surface area contributed by atoms with Gasteiger partial charge in [-0.25, -0.2) is 17.5 Å². The molecule has 1 aromatic rings. The van der Waals surface area contributed by atoms with Gasteiger partial charge in [0.2, 0.25) is 10.0 Å². The monoisotopic (exact) mass is 288 g/mol. The van der Waals surface area contributed by atoms with Crippen LogP contribution in [0.5, 0.6) is 0 Å². The van der Waals surface area contributed by atoms with E-state index in [0.29, 0.717) is 5.92 Å². The second-order valence-electron chi connectivity index (χ2n) is 4.99. The molecular formula is C13H21FN2O2S. The van der Waals surface area contributed by atoms with Gasteiger partial charge in [-0.1, -0.05) is 20.3 Å². The predicted octanol–water partition coefficient (Wildman–Crippen LogP) is 2.51. The van der Waals surface area contributed by atoms with Gasteiger partial charge in [0.05, 0.1) is 4.90 Å². The summed E-state index contributed by atoms with van der Waals surface area (Å²) in [6, 6.07) is 3.10. The summed E-state index contributed by atoms with van der Waals surface area (Å²) >= 11 is 0. The minimum atomic E-state index is -3.73. The minimum absolute atomic E-state index is 0.0926. The van der Waals surface area contributed by atoms with E-state index in [4.69, 9.17) is 5.73 Å². The molecule has 1 rings (SSSR count). The van der Waals surface area contributed by atoms with E-state index in [2.05, 4.69) is 18.6 Å². The third kappa shape index (κ3) is 4.80. The lowest BCUT2D eigenvalue weighted by Crippen LogP contribution is -2.33. The van der Waals surface area contributed by atoms with Crippen LogP contribution >= 0.6 is 0 Å². The Kier molecular flexibility index (Phi) is 5.31. The molecule has 0 aliphatic rings. The Bertz CT molecular complexity index is 511. The Labute approximate surface area is 114 Å². The number of nitrogen functional groups attached to an aromatic ring is 1. The van der Waals surface area contributed by atoms with Crippen molar-refractivity contribution in [1.82, 2.24) is 4.72 Å². The Morgan fingerprint density at radius 2 is 1.95 bits per heavy atom. The Morgan fingerprint density at radius 1 is 1.32 bits per heavy atom. The first-order valence-electron chi connectivity index (χ1n) is 6.33. The molecule has 0 aromatic heterocycles. The van der Waals surface area contributed by atoms with E-state index < -0.39 is 15.8 Å². The van der Waals surface area contributed by atoms with Gasteiger partial charge in [0.25, 0.3) is 0 Å². The van der Waals surface area contributed by atoms with Crippen LogP contribution in [0, 0.1) is 11.7 Å². The van der Waals surface area contributed by atoms with Gasteiger partial charge >= 0.3 is 0 Å². The second kappa shape index (κ2) is 6.34. The Morgan fingerprint density at radius 3 is 2.47 bits per heavy atom. The summed E-state index contributed by atoms with van der Waals surface area (Å²) in [5.74, 6) is -0.231. The highest BCUT2D eigenvalue weighted by Crippen LogP contribution is 2.17. The molecule has 0 bridgehead atoms. The molecule has 19 heavy (non-hydrogen) atoms. The lowest BCUT2D eigenvalue weighted by atomic mass is 10.0. The van der Waals surface area contributed by atoms with E-state index in [1.165, 1.54) is 6.07 Å². The van der Waals surface area contributed by atoms with Gasteiger partial charge in [-0.3, -0.25) is 0 Å². The maximum Gasteiger partial charge on any atom is 0.240 e. The first-order valence-corrected chi connectivity index (χ1v) is 7.81. The van der Waals surface area contributed by atoms with Crippen molar-refractivity contribution in [3.63, 3.8) is 0 Å². The van der Waals surface area contributed by atoms with E-state index in [1.807, 2.05) is 0 Å². The van der Waals surface area contributed by atoms with Crippen molar-refractivity contribution in [2.24, 2.45) is 5.92 Å². The molecule has 0 radical (unpaired) electrons. The lowest BCUT2D eigenvalue weighted by Gasteiger charge is -2.17. The van der Waals surface area contributed by atoms with Crippen LogP contribution in [0.3, 0.4) is 0 Å². The number of sulfonamides is 1. The average Bonchev–Trinajstić information content (AvgIpc) is 2.26. The number of nitrogens with two attached hydrogens (primary N) is 1. The number of nitrogens with one attached hydrogen (secondary N) is 1. The van der Waals surface area contributed by atoms with Crippen LogP contribution in [0.15, 0.2) is 23.1 Å². The first-order chi connectivity index (χ1) is 8.74. The molecule has 2 atom stereocenters. The molecule has 0 heterocycles. The first kappa shape index (κ1) is 15.9. The number of hydrogen-bond donors (Lipinski definition) is 2. The summed E-state index contributed by atoms with van der Waals surface area (Å²) < 4.78 is 39.9. The van der Waals surface area contributed by atoms with Gasteiger partial charge in [-0.15, -0.1) is 0 Å². The number of halogens is 1. The summed E-state index contributed by atoms with van der Waals surface area (Å²) in [6.07, 6.45) is 1.72. The van der Waals surface area contributed by atoms with Crippen LogP contribution in [-0.2, 0) is 10.0 Å². The highest BCUT2D eigenvalue weighted by Gasteiger charge is 2.19. The molecule has 2 unspecified atom stereocenters. The lowest BCUT2D eigenvalue weighted by molar-refractivity contribution is 0.445. The SMILES string of the molecule is CCC(C)CC(C)NS(=O)(=O)c1cc(N)cc(F)c1. The Balaban J connectivity index is 2.86. The second-order valence-corrected chi connectivity index (χ2v) is 6.71. The van der Waals surface area contributed by atoms with Gasteiger partial charge in [0, 0.05) is 11.7 Å². The summed E-state index contributed by atoms with van der Waals surface area (Å²) in [6.45, 7) is 5.91. The minimum Gasteiger partial charge on any atom is -0.399 e. The number of hydrogen-bond acceptors (Lipinski definition) is 3. The van der Waals surface area contributed by atoms with E-state index in [1.54, 1.807) is 6.92 Å². The van der Waals surface area contributed by atoms with Crippen LogP contribution in [0.25, 0.3) is 0 Å². The molecule has 0 saturated carbocycles. The highest BCUT2D eigenvalue weighted by atomic mass is 32.2. The van der Waals surface area contributed by atoms with Crippen LogP contribution in [-0.4, -0.2) is 14.5 Å². The maximum atomic E-state index is 13.2. The molecule has 0 saturated heterocycles. The summed E-state index contributed by atoms with van der Waals surface area (Å²) in [5.41, 5.74) is 5.55. The molecule has 1 aromatic carbocycles. The van der Waals surface area contributed by atoms with E-state index in [9.17, 15) is 12.8 Å². The molecule has 0 aliphatic carbocycles. The fourth-order valence-corrected chi connectivity index (χ4v) is 3.21. The molecule has 0 spiro atoms. The van der Waals surface area contributed by atoms with Crippen molar-refractivity contribution < 1.29 is 12.8 Å². The largest absolute Gasteiger partial charge is 0.399 e. The standard InChI is InChI=1S/C13H21FN2O2S/c1-4-9(2)5-10(3)16-19(17,18)13-7-11(14)6-12(15)8-13/h6-10,16H,4-5,15H2,1-3H3. The van der Waals surface area contributed by atoms with Crippen LogP contribution in [0.1, 0.15) is 33.6 Å².